The molecule has 0 saturated carbocycles. The van der Waals surface area contributed by atoms with Crippen LogP contribution in [0.3, 0.4) is 0 Å². The first-order valence-corrected chi connectivity index (χ1v) is 10.1. The number of amides is 2. The number of nitrogens with zero attached hydrogens (tertiary/aromatic N) is 2. The van der Waals surface area contributed by atoms with E-state index in [0.29, 0.717) is 24.5 Å². The van der Waals surface area contributed by atoms with Crippen LogP contribution in [-0.2, 0) is 16.1 Å². The zero-order valence-electron chi connectivity index (χ0n) is 17.7. The maximum atomic E-state index is 12.2. The molecule has 0 fully saturated rings. The summed E-state index contributed by atoms with van der Waals surface area (Å²) in [6.07, 6.45) is 4.99. The fourth-order valence-corrected chi connectivity index (χ4v) is 3.11. The average molecular weight is 418 g/mol. The minimum absolute atomic E-state index is 0.0658. The van der Waals surface area contributed by atoms with Crippen molar-refractivity contribution in [1.82, 2.24) is 20.4 Å². The van der Waals surface area contributed by atoms with Crippen LogP contribution in [0.2, 0.25) is 0 Å². The molecule has 31 heavy (non-hydrogen) atoms. The van der Waals surface area contributed by atoms with Gasteiger partial charge in [-0.1, -0.05) is 42.5 Å². The second-order valence-corrected chi connectivity index (χ2v) is 6.82. The molecule has 2 aromatic carbocycles. The molecule has 0 saturated heterocycles. The van der Waals surface area contributed by atoms with Gasteiger partial charge in [-0.15, -0.1) is 0 Å². The lowest BCUT2D eigenvalue weighted by Gasteiger charge is -2.07. The summed E-state index contributed by atoms with van der Waals surface area (Å²) in [5.74, 6) is 0.116. The number of likely N-dealkylation sites (N-methyl/N-ethyl adjacent to an activating group) is 1. The van der Waals surface area contributed by atoms with Crippen LogP contribution in [0.15, 0.2) is 66.9 Å². The minimum Gasteiger partial charge on any atom is -0.496 e. The van der Waals surface area contributed by atoms with Gasteiger partial charge in [0.2, 0.25) is 11.8 Å². The first kappa shape index (κ1) is 21.8. The van der Waals surface area contributed by atoms with Crippen LogP contribution < -0.4 is 15.4 Å². The van der Waals surface area contributed by atoms with E-state index in [-0.39, 0.29) is 18.4 Å². The van der Waals surface area contributed by atoms with Crippen LogP contribution in [0.25, 0.3) is 17.3 Å². The highest BCUT2D eigenvalue weighted by atomic mass is 16.5. The maximum absolute atomic E-state index is 12.2. The Morgan fingerprint density at radius 3 is 2.55 bits per heavy atom. The third kappa shape index (κ3) is 6.05. The first-order valence-electron chi connectivity index (χ1n) is 10.1. The van der Waals surface area contributed by atoms with Gasteiger partial charge in [-0.3, -0.25) is 14.3 Å². The highest BCUT2D eigenvalue weighted by molar-refractivity contribution is 5.95. The van der Waals surface area contributed by atoms with Crippen molar-refractivity contribution in [3.05, 3.63) is 78.0 Å². The van der Waals surface area contributed by atoms with Crippen molar-refractivity contribution in [3.63, 3.8) is 0 Å². The number of hydrogen-bond acceptors (Lipinski definition) is 4. The molecule has 0 aliphatic carbocycles. The average Bonchev–Trinajstić information content (AvgIpc) is 3.19. The van der Waals surface area contributed by atoms with Gasteiger partial charge >= 0.3 is 0 Å². The Balaban J connectivity index is 1.86. The molecule has 3 aromatic rings. The molecule has 0 aliphatic heterocycles. The van der Waals surface area contributed by atoms with Gasteiger partial charge < -0.3 is 15.4 Å². The Morgan fingerprint density at radius 1 is 1.06 bits per heavy atom. The van der Waals surface area contributed by atoms with Gasteiger partial charge in [0.1, 0.15) is 11.4 Å². The second-order valence-electron chi connectivity index (χ2n) is 6.82. The fourth-order valence-electron chi connectivity index (χ4n) is 3.11. The van der Waals surface area contributed by atoms with Gasteiger partial charge in [0.15, 0.2) is 0 Å². The smallest absolute Gasteiger partial charge is 0.244 e. The first-order chi connectivity index (χ1) is 15.1. The van der Waals surface area contributed by atoms with E-state index in [0.717, 1.165) is 16.7 Å². The quantitative estimate of drug-likeness (QED) is 0.524. The molecule has 3 rings (SSSR count). The number of carbonyl (C=O) groups excluding carboxylic acids is 2. The van der Waals surface area contributed by atoms with Crippen LogP contribution >= 0.6 is 0 Å². The van der Waals surface area contributed by atoms with Gasteiger partial charge in [0.25, 0.3) is 0 Å². The Bertz CT molecular complexity index is 1060. The van der Waals surface area contributed by atoms with Crippen molar-refractivity contribution in [2.24, 2.45) is 0 Å². The molecule has 0 aliphatic rings. The number of benzene rings is 2. The zero-order valence-corrected chi connectivity index (χ0v) is 17.7. The Kier molecular flexibility index (Phi) is 7.59. The van der Waals surface area contributed by atoms with Crippen molar-refractivity contribution in [2.45, 2.75) is 13.5 Å². The molecule has 0 atom stereocenters. The molecule has 0 radical (unpaired) electrons. The molecule has 2 amide bonds. The Hall–Kier alpha value is -3.87. The van der Waals surface area contributed by atoms with Crippen molar-refractivity contribution < 1.29 is 14.3 Å². The van der Waals surface area contributed by atoms with E-state index in [2.05, 4.69) is 10.6 Å². The van der Waals surface area contributed by atoms with E-state index in [1.165, 1.54) is 6.08 Å². The van der Waals surface area contributed by atoms with Crippen LogP contribution in [0.5, 0.6) is 5.75 Å². The summed E-state index contributed by atoms with van der Waals surface area (Å²) in [6.45, 7) is 2.88. The van der Waals surface area contributed by atoms with Gasteiger partial charge in [-0.2, -0.15) is 5.10 Å². The lowest BCUT2D eigenvalue weighted by Crippen LogP contribution is -2.35. The number of hydrogen-bond donors (Lipinski definition) is 2. The summed E-state index contributed by atoms with van der Waals surface area (Å²) >= 11 is 0. The summed E-state index contributed by atoms with van der Waals surface area (Å²) in [4.78, 5) is 23.7. The lowest BCUT2D eigenvalue weighted by molar-refractivity contribution is -0.123. The van der Waals surface area contributed by atoms with Crippen molar-refractivity contribution >= 4 is 17.9 Å². The normalized spacial score (nSPS) is 10.8. The van der Waals surface area contributed by atoms with E-state index in [1.54, 1.807) is 13.2 Å². The number of para-hydroxylation sites is 1. The van der Waals surface area contributed by atoms with Crippen LogP contribution in [0.4, 0.5) is 0 Å². The molecule has 0 unspecified atom stereocenters. The number of rotatable bonds is 9. The van der Waals surface area contributed by atoms with Crippen LogP contribution in [0.1, 0.15) is 18.1 Å². The highest BCUT2D eigenvalue weighted by Gasteiger charge is 2.14. The third-order valence-electron chi connectivity index (χ3n) is 4.55. The Labute approximate surface area is 181 Å². The molecule has 1 aromatic heterocycles. The summed E-state index contributed by atoms with van der Waals surface area (Å²) in [5.41, 5.74) is 3.43. The van der Waals surface area contributed by atoms with Gasteiger partial charge in [-0.25, -0.2) is 0 Å². The van der Waals surface area contributed by atoms with Crippen molar-refractivity contribution in [3.8, 4) is 17.0 Å². The second kappa shape index (κ2) is 10.8. The molecule has 7 heteroatoms. The van der Waals surface area contributed by atoms with Crippen molar-refractivity contribution in [1.29, 1.82) is 0 Å². The largest absolute Gasteiger partial charge is 0.496 e. The SMILES string of the molecule is CCNC(=O)CNC(=O)/C=C/c1cn(Cc2ccccc2)nc1-c1ccccc1OC. The molecule has 2 N–H and O–H groups in total. The number of carbonyl (C=O) groups is 2. The summed E-state index contributed by atoms with van der Waals surface area (Å²) in [5, 5.41) is 9.97. The topological polar surface area (TPSA) is 85.3 Å². The number of ether oxygens (including phenoxy) is 1. The summed E-state index contributed by atoms with van der Waals surface area (Å²) < 4.78 is 7.34. The summed E-state index contributed by atoms with van der Waals surface area (Å²) in [7, 11) is 1.62. The number of nitrogens with one attached hydrogen (secondary N) is 2. The van der Waals surface area contributed by atoms with E-state index in [9.17, 15) is 9.59 Å². The number of methoxy groups -OCH3 is 1. The third-order valence-corrected chi connectivity index (χ3v) is 4.55. The minimum atomic E-state index is -0.354. The molecular weight excluding hydrogens is 392 g/mol. The van der Waals surface area contributed by atoms with Gasteiger partial charge in [-0.05, 0) is 30.7 Å². The maximum Gasteiger partial charge on any atom is 0.244 e. The van der Waals surface area contributed by atoms with Crippen LogP contribution in [-0.4, -0.2) is 41.8 Å². The monoisotopic (exact) mass is 418 g/mol. The summed E-state index contributed by atoms with van der Waals surface area (Å²) in [6, 6.07) is 17.6. The van der Waals surface area contributed by atoms with E-state index in [4.69, 9.17) is 9.84 Å². The van der Waals surface area contributed by atoms with Crippen LogP contribution in [0, 0.1) is 0 Å². The highest BCUT2D eigenvalue weighted by Crippen LogP contribution is 2.31. The predicted octanol–water partition coefficient (Wildman–Crippen LogP) is 2.87. The predicted molar refractivity (Wildman–Crippen MR) is 120 cm³/mol. The van der Waals surface area contributed by atoms with E-state index < -0.39 is 0 Å². The molecule has 0 spiro atoms. The molecule has 7 nitrogen and oxygen atoms in total. The fraction of sp³-hybridized carbons (Fsp3) is 0.208. The standard InChI is InChI=1S/C24H26N4O3/c1-3-25-23(30)15-26-22(29)14-13-19-17-28(16-18-9-5-4-6-10-18)27-24(19)20-11-7-8-12-21(20)31-2/h4-14,17H,3,15-16H2,1-2H3,(H,25,30)(H,26,29)/b14-13+. The van der Waals surface area contributed by atoms with E-state index in [1.807, 2.05) is 72.4 Å². The Morgan fingerprint density at radius 2 is 1.81 bits per heavy atom. The molecule has 1 heterocycles. The van der Waals surface area contributed by atoms with Crippen molar-refractivity contribution in [2.75, 3.05) is 20.2 Å². The zero-order chi connectivity index (χ0) is 22.1. The van der Waals surface area contributed by atoms with E-state index >= 15 is 0 Å². The lowest BCUT2D eigenvalue weighted by atomic mass is 10.1. The molecule has 0 bridgehead atoms. The van der Waals surface area contributed by atoms with Gasteiger partial charge in [0.05, 0.1) is 20.2 Å². The number of aromatic nitrogens is 2. The van der Waals surface area contributed by atoms with Gasteiger partial charge in [0, 0.05) is 29.9 Å². The molecule has 160 valence electrons. The molecular formula is C24H26N4O3.